The van der Waals surface area contributed by atoms with Crippen LogP contribution in [0.2, 0.25) is 0 Å². The quantitative estimate of drug-likeness (QED) is 0.848. The largest absolute Gasteiger partial charge is 0.450 e. The molecule has 16 heavy (non-hydrogen) atoms. The molecule has 0 unspecified atom stereocenters. The molecular weight excluding hydrogens is 202 g/mol. The number of alkyl carbamates (subject to hydrolysis) is 1. The van der Waals surface area contributed by atoms with Crippen LogP contribution in [0.1, 0.15) is 23.6 Å². The van der Waals surface area contributed by atoms with Gasteiger partial charge >= 0.3 is 6.09 Å². The van der Waals surface area contributed by atoms with E-state index < -0.39 is 0 Å². The summed E-state index contributed by atoms with van der Waals surface area (Å²) in [5, 5.41) is 2.71. The molecule has 0 spiro atoms. The topological polar surface area (TPSA) is 38.3 Å². The molecule has 0 bridgehead atoms. The van der Waals surface area contributed by atoms with Gasteiger partial charge in [-0.1, -0.05) is 23.8 Å². The highest BCUT2D eigenvalue weighted by Gasteiger charge is 2.01. The number of hydrogen-bond acceptors (Lipinski definition) is 2. The van der Waals surface area contributed by atoms with E-state index >= 15 is 0 Å². The second-order valence-electron chi connectivity index (χ2n) is 3.83. The van der Waals surface area contributed by atoms with Gasteiger partial charge in [0.1, 0.15) is 0 Å². The molecule has 1 aromatic rings. The zero-order chi connectivity index (χ0) is 12.0. The van der Waals surface area contributed by atoms with Gasteiger partial charge in [-0.25, -0.2) is 4.79 Å². The third-order valence-corrected chi connectivity index (χ3v) is 2.44. The van der Waals surface area contributed by atoms with Crippen LogP contribution in [-0.4, -0.2) is 19.2 Å². The molecule has 0 aliphatic rings. The van der Waals surface area contributed by atoms with Gasteiger partial charge in [-0.3, -0.25) is 0 Å². The van der Waals surface area contributed by atoms with E-state index in [0.29, 0.717) is 13.2 Å². The Morgan fingerprint density at radius 2 is 2.12 bits per heavy atom. The first-order chi connectivity index (χ1) is 7.63. The van der Waals surface area contributed by atoms with E-state index in [4.69, 9.17) is 4.74 Å². The van der Waals surface area contributed by atoms with Crippen molar-refractivity contribution in [2.24, 2.45) is 0 Å². The molecule has 1 aromatic carbocycles. The number of benzene rings is 1. The van der Waals surface area contributed by atoms with Crippen molar-refractivity contribution in [2.75, 3.05) is 13.2 Å². The highest BCUT2D eigenvalue weighted by atomic mass is 16.5. The summed E-state index contributed by atoms with van der Waals surface area (Å²) < 4.78 is 4.78. The maximum atomic E-state index is 11.0. The van der Waals surface area contributed by atoms with Gasteiger partial charge in [0.2, 0.25) is 0 Å². The fourth-order valence-corrected chi connectivity index (χ4v) is 1.61. The number of carbonyl (C=O) groups is 1. The molecule has 0 heterocycles. The molecule has 0 aromatic heterocycles. The van der Waals surface area contributed by atoms with Crippen LogP contribution in [-0.2, 0) is 11.2 Å². The zero-order valence-corrected chi connectivity index (χ0v) is 10.2. The van der Waals surface area contributed by atoms with Crippen LogP contribution in [0.15, 0.2) is 18.2 Å². The summed E-state index contributed by atoms with van der Waals surface area (Å²) >= 11 is 0. The fraction of sp³-hybridized carbons (Fsp3) is 0.462. The molecule has 0 radical (unpaired) electrons. The molecular formula is C13H19NO2. The molecule has 0 aliphatic carbocycles. The third kappa shape index (κ3) is 3.93. The normalized spacial score (nSPS) is 9.94. The Kier molecular flexibility index (Phi) is 4.83. The summed E-state index contributed by atoms with van der Waals surface area (Å²) in [4.78, 5) is 11.0. The van der Waals surface area contributed by atoms with Crippen molar-refractivity contribution in [3.05, 3.63) is 34.9 Å². The van der Waals surface area contributed by atoms with Crippen molar-refractivity contribution in [2.45, 2.75) is 27.2 Å². The monoisotopic (exact) mass is 221 g/mol. The maximum absolute atomic E-state index is 11.0. The first kappa shape index (κ1) is 12.6. The Labute approximate surface area is 96.8 Å². The number of amides is 1. The van der Waals surface area contributed by atoms with Gasteiger partial charge in [-0.2, -0.15) is 0 Å². The Morgan fingerprint density at radius 3 is 2.75 bits per heavy atom. The number of rotatable bonds is 4. The average molecular weight is 221 g/mol. The molecule has 0 atom stereocenters. The number of ether oxygens (including phenoxy) is 1. The predicted octanol–water partition coefficient (Wildman–Crippen LogP) is 2.59. The van der Waals surface area contributed by atoms with E-state index in [0.717, 1.165) is 6.42 Å². The van der Waals surface area contributed by atoms with E-state index in [9.17, 15) is 4.79 Å². The Morgan fingerprint density at radius 1 is 1.38 bits per heavy atom. The second kappa shape index (κ2) is 6.16. The summed E-state index contributed by atoms with van der Waals surface area (Å²) in [5.41, 5.74) is 3.80. The standard InChI is InChI=1S/C13H19NO2/c1-4-16-13(15)14-8-7-12-6-5-10(2)9-11(12)3/h5-6,9H,4,7-8H2,1-3H3,(H,14,15). The molecule has 3 heteroatoms. The molecule has 0 fully saturated rings. The van der Waals surface area contributed by atoms with Crippen LogP contribution in [0.3, 0.4) is 0 Å². The minimum absolute atomic E-state index is 0.340. The number of hydrogen-bond donors (Lipinski definition) is 1. The van der Waals surface area contributed by atoms with Crippen LogP contribution < -0.4 is 5.32 Å². The summed E-state index contributed by atoms with van der Waals surface area (Å²) in [6.07, 6.45) is 0.498. The van der Waals surface area contributed by atoms with Crippen LogP contribution in [0.4, 0.5) is 4.79 Å². The summed E-state index contributed by atoms with van der Waals surface area (Å²) in [6.45, 7) is 6.99. The van der Waals surface area contributed by atoms with Gasteiger partial charge in [0.05, 0.1) is 6.61 Å². The van der Waals surface area contributed by atoms with E-state index in [-0.39, 0.29) is 6.09 Å². The fourth-order valence-electron chi connectivity index (χ4n) is 1.61. The van der Waals surface area contributed by atoms with E-state index in [1.165, 1.54) is 16.7 Å². The Bertz CT molecular complexity index is 361. The van der Waals surface area contributed by atoms with E-state index in [2.05, 4.69) is 37.4 Å². The maximum Gasteiger partial charge on any atom is 0.407 e. The summed E-state index contributed by atoms with van der Waals surface area (Å²) in [5.74, 6) is 0. The van der Waals surface area contributed by atoms with Crippen molar-refractivity contribution >= 4 is 6.09 Å². The molecule has 1 N–H and O–H groups in total. The lowest BCUT2D eigenvalue weighted by Crippen LogP contribution is -2.26. The van der Waals surface area contributed by atoms with Crippen molar-refractivity contribution in [1.29, 1.82) is 0 Å². The lowest BCUT2D eigenvalue weighted by Gasteiger charge is -2.08. The number of aryl methyl sites for hydroxylation is 2. The van der Waals surface area contributed by atoms with Crippen molar-refractivity contribution in [1.82, 2.24) is 5.32 Å². The van der Waals surface area contributed by atoms with E-state index in [1.807, 2.05) is 0 Å². The van der Waals surface area contributed by atoms with E-state index in [1.54, 1.807) is 6.92 Å². The number of nitrogens with one attached hydrogen (secondary N) is 1. The highest BCUT2D eigenvalue weighted by molar-refractivity contribution is 5.67. The highest BCUT2D eigenvalue weighted by Crippen LogP contribution is 2.10. The molecule has 1 rings (SSSR count). The lowest BCUT2D eigenvalue weighted by atomic mass is 10.0. The molecule has 0 saturated carbocycles. The van der Waals surface area contributed by atoms with Crippen molar-refractivity contribution in [3.8, 4) is 0 Å². The van der Waals surface area contributed by atoms with Gasteiger partial charge in [0, 0.05) is 6.54 Å². The Balaban J connectivity index is 2.40. The van der Waals surface area contributed by atoms with Gasteiger partial charge in [-0.05, 0) is 38.3 Å². The SMILES string of the molecule is CCOC(=O)NCCc1ccc(C)cc1C. The first-order valence-corrected chi connectivity index (χ1v) is 5.60. The summed E-state index contributed by atoms with van der Waals surface area (Å²) in [6, 6.07) is 6.35. The van der Waals surface area contributed by atoms with Crippen molar-refractivity contribution < 1.29 is 9.53 Å². The molecule has 0 saturated heterocycles. The van der Waals surface area contributed by atoms with Gasteiger partial charge < -0.3 is 10.1 Å². The predicted molar refractivity (Wildman–Crippen MR) is 64.6 cm³/mol. The third-order valence-electron chi connectivity index (χ3n) is 2.44. The van der Waals surface area contributed by atoms with Gasteiger partial charge in [0.25, 0.3) is 0 Å². The van der Waals surface area contributed by atoms with Crippen LogP contribution in [0, 0.1) is 13.8 Å². The lowest BCUT2D eigenvalue weighted by molar-refractivity contribution is 0.152. The second-order valence-corrected chi connectivity index (χ2v) is 3.83. The first-order valence-electron chi connectivity index (χ1n) is 5.60. The van der Waals surface area contributed by atoms with Crippen LogP contribution >= 0.6 is 0 Å². The zero-order valence-electron chi connectivity index (χ0n) is 10.2. The molecule has 3 nitrogen and oxygen atoms in total. The van der Waals surface area contributed by atoms with Crippen molar-refractivity contribution in [3.63, 3.8) is 0 Å². The minimum Gasteiger partial charge on any atom is -0.450 e. The van der Waals surface area contributed by atoms with Crippen LogP contribution in [0.25, 0.3) is 0 Å². The summed E-state index contributed by atoms with van der Waals surface area (Å²) in [7, 11) is 0. The minimum atomic E-state index is -0.340. The molecule has 1 amide bonds. The van der Waals surface area contributed by atoms with Gasteiger partial charge in [0.15, 0.2) is 0 Å². The molecule has 0 aliphatic heterocycles. The van der Waals surface area contributed by atoms with Gasteiger partial charge in [-0.15, -0.1) is 0 Å². The smallest absolute Gasteiger partial charge is 0.407 e. The Hall–Kier alpha value is -1.51. The average Bonchev–Trinajstić information content (AvgIpc) is 2.22. The van der Waals surface area contributed by atoms with Crippen LogP contribution in [0.5, 0.6) is 0 Å². The molecule has 88 valence electrons. The number of carbonyl (C=O) groups excluding carboxylic acids is 1.